The average molecular weight is 280 g/mol. The Kier molecular flexibility index (Phi) is 4.91. The third-order valence-electron chi connectivity index (χ3n) is 2.94. The fraction of sp³-hybridized carbons (Fsp3) is 0.200. The first kappa shape index (κ1) is 14.0. The fourth-order valence-electron chi connectivity index (χ4n) is 1.87. The van der Waals surface area contributed by atoms with Crippen molar-refractivity contribution in [3.8, 4) is 0 Å². The zero-order valence-electron chi connectivity index (χ0n) is 10.3. The molecule has 19 heavy (non-hydrogen) atoms. The summed E-state index contributed by atoms with van der Waals surface area (Å²) in [6, 6.07) is 13.8. The molecule has 4 heteroatoms. The Bertz CT molecular complexity index is 533. The average Bonchev–Trinajstić information content (AvgIpc) is 2.43. The zero-order chi connectivity index (χ0) is 13.7. The topological polar surface area (TPSA) is 32.3 Å². The molecule has 0 radical (unpaired) electrons. The number of halogens is 2. The first-order chi connectivity index (χ1) is 9.20. The Morgan fingerprint density at radius 3 is 2.53 bits per heavy atom. The van der Waals surface area contributed by atoms with Gasteiger partial charge in [0.05, 0.1) is 12.6 Å². The minimum absolute atomic E-state index is 0.0111. The molecule has 0 heterocycles. The Morgan fingerprint density at radius 1 is 1.16 bits per heavy atom. The molecule has 0 bridgehead atoms. The van der Waals surface area contributed by atoms with Gasteiger partial charge in [-0.05, 0) is 23.3 Å². The highest BCUT2D eigenvalue weighted by molar-refractivity contribution is 6.31. The van der Waals surface area contributed by atoms with E-state index in [-0.39, 0.29) is 18.5 Å². The first-order valence-electron chi connectivity index (χ1n) is 6.04. The maximum atomic E-state index is 12.9. The number of nitrogens with one attached hydrogen (secondary N) is 1. The number of hydrogen-bond acceptors (Lipinski definition) is 2. The maximum Gasteiger partial charge on any atom is 0.124 e. The molecular formula is C15H15ClFNO. The summed E-state index contributed by atoms with van der Waals surface area (Å²) in [6.45, 7) is 0.460. The van der Waals surface area contributed by atoms with Crippen LogP contribution < -0.4 is 5.32 Å². The van der Waals surface area contributed by atoms with Crippen molar-refractivity contribution in [2.45, 2.75) is 12.6 Å². The molecule has 2 nitrogen and oxygen atoms in total. The van der Waals surface area contributed by atoms with Crippen LogP contribution in [0.15, 0.2) is 48.5 Å². The van der Waals surface area contributed by atoms with Gasteiger partial charge in [0.15, 0.2) is 0 Å². The van der Waals surface area contributed by atoms with Crippen LogP contribution in [0.25, 0.3) is 0 Å². The molecule has 100 valence electrons. The van der Waals surface area contributed by atoms with Gasteiger partial charge in [0.1, 0.15) is 5.82 Å². The minimum atomic E-state index is -0.351. The van der Waals surface area contributed by atoms with Crippen molar-refractivity contribution in [1.29, 1.82) is 0 Å². The third-order valence-corrected chi connectivity index (χ3v) is 3.29. The van der Waals surface area contributed by atoms with E-state index in [4.69, 9.17) is 11.6 Å². The van der Waals surface area contributed by atoms with Gasteiger partial charge in [0.2, 0.25) is 0 Å². The highest BCUT2D eigenvalue weighted by atomic mass is 35.5. The molecule has 0 aromatic heterocycles. The monoisotopic (exact) mass is 279 g/mol. The van der Waals surface area contributed by atoms with Crippen molar-refractivity contribution in [2.75, 3.05) is 6.61 Å². The Labute approximate surface area is 116 Å². The predicted molar refractivity (Wildman–Crippen MR) is 74.5 cm³/mol. The molecule has 2 N–H and O–H groups in total. The second-order valence-corrected chi connectivity index (χ2v) is 4.67. The lowest BCUT2D eigenvalue weighted by Crippen LogP contribution is -2.24. The van der Waals surface area contributed by atoms with Gasteiger partial charge in [-0.25, -0.2) is 4.39 Å². The van der Waals surface area contributed by atoms with Crippen molar-refractivity contribution in [3.05, 3.63) is 70.5 Å². The molecule has 2 rings (SSSR count). The standard InChI is InChI=1S/C15H15ClFNO/c16-14-8-13(17)7-6-12(14)9-18-15(10-19)11-4-2-1-3-5-11/h1-8,15,18-19H,9-10H2/t15-/m0/s1. The van der Waals surface area contributed by atoms with E-state index in [2.05, 4.69) is 5.32 Å². The van der Waals surface area contributed by atoms with Crippen LogP contribution in [0, 0.1) is 5.82 Å². The first-order valence-corrected chi connectivity index (χ1v) is 6.41. The van der Waals surface area contributed by atoms with Gasteiger partial charge >= 0.3 is 0 Å². The summed E-state index contributed by atoms with van der Waals surface area (Å²) in [5.41, 5.74) is 1.81. The van der Waals surface area contributed by atoms with Gasteiger partial charge in [0, 0.05) is 11.6 Å². The molecule has 0 aliphatic carbocycles. The lowest BCUT2D eigenvalue weighted by Gasteiger charge is -2.17. The van der Waals surface area contributed by atoms with E-state index in [9.17, 15) is 9.50 Å². The third kappa shape index (κ3) is 3.77. The van der Waals surface area contributed by atoms with Crippen LogP contribution in [-0.4, -0.2) is 11.7 Å². The number of hydrogen-bond donors (Lipinski definition) is 2. The molecule has 0 amide bonds. The molecule has 0 aliphatic rings. The predicted octanol–water partition coefficient (Wildman–Crippen LogP) is 3.30. The molecule has 2 aromatic rings. The van der Waals surface area contributed by atoms with Crippen molar-refractivity contribution in [1.82, 2.24) is 5.32 Å². The van der Waals surface area contributed by atoms with Crippen molar-refractivity contribution >= 4 is 11.6 Å². The number of aliphatic hydroxyl groups excluding tert-OH is 1. The highest BCUT2D eigenvalue weighted by Gasteiger charge is 2.10. The van der Waals surface area contributed by atoms with E-state index in [1.165, 1.54) is 12.1 Å². The van der Waals surface area contributed by atoms with E-state index in [1.54, 1.807) is 6.07 Å². The molecule has 0 aliphatic heterocycles. The molecular weight excluding hydrogens is 265 g/mol. The summed E-state index contributed by atoms with van der Waals surface area (Å²) in [6.07, 6.45) is 0. The van der Waals surface area contributed by atoms with Crippen molar-refractivity contribution in [2.24, 2.45) is 0 Å². The van der Waals surface area contributed by atoms with Crippen LogP contribution in [0.2, 0.25) is 5.02 Å². The van der Waals surface area contributed by atoms with Crippen molar-refractivity contribution in [3.63, 3.8) is 0 Å². The maximum absolute atomic E-state index is 12.9. The van der Waals surface area contributed by atoms with Crippen LogP contribution >= 0.6 is 11.6 Å². The van der Waals surface area contributed by atoms with Gasteiger partial charge in [-0.2, -0.15) is 0 Å². The van der Waals surface area contributed by atoms with Gasteiger partial charge in [-0.3, -0.25) is 0 Å². The van der Waals surface area contributed by atoms with Crippen molar-refractivity contribution < 1.29 is 9.50 Å². The quantitative estimate of drug-likeness (QED) is 0.880. The van der Waals surface area contributed by atoms with Gasteiger partial charge in [0.25, 0.3) is 0 Å². The van der Waals surface area contributed by atoms with Crippen LogP contribution in [0.4, 0.5) is 4.39 Å². The Balaban J connectivity index is 2.04. The normalized spacial score (nSPS) is 12.4. The minimum Gasteiger partial charge on any atom is -0.394 e. The van der Waals surface area contributed by atoms with E-state index in [1.807, 2.05) is 30.3 Å². The fourth-order valence-corrected chi connectivity index (χ4v) is 2.11. The second-order valence-electron chi connectivity index (χ2n) is 4.26. The second kappa shape index (κ2) is 6.66. The Hall–Kier alpha value is -1.42. The summed E-state index contributed by atoms with van der Waals surface area (Å²) in [4.78, 5) is 0. The van der Waals surface area contributed by atoms with E-state index in [0.717, 1.165) is 11.1 Å². The molecule has 2 aromatic carbocycles. The van der Waals surface area contributed by atoms with E-state index in [0.29, 0.717) is 11.6 Å². The summed E-state index contributed by atoms with van der Waals surface area (Å²) < 4.78 is 12.9. The SMILES string of the molecule is OC[C@H](NCc1ccc(F)cc1Cl)c1ccccc1. The molecule has 0 spiro atoms. The summed E-state index contributed by atoms with van der Waals surface area (Å²) in [7, 11) is 0. The summed E-state index contributed by atoms with van der Waals surface area (Å²) in [5.74, 6) is -0.351. The Morgan fingerprint density at radius 2 is 1.89 bits per heavy atom. The van der Waals surface area contributed by atoms with Gasteiger partial charge in [-0.15, -0.1) is 0 Å². The lowest BCUT2D eigenvalue weighted by molar-refractivity contribution is 0.243. The number of benzene rings is 2. The molecule has 1 atom stereocenters. The summed E-state index contributed by atoms with van der Waals surface area (Å²) >= 11 is 5.96. The summed E-state index contributed by atoms with van der Waals surface area (Å²) in [5, 5.41) is 13.0. The smallest absolute Gasteiger partial charge is 0.124 e. The van der Waals surface area contributed by atoms with Gasteiger partial charge in [-0.1, -0.05) is 48.0 Å². The number of rotatable bonds is 5. The molecule has 0 fully saturated rings. The van der Waals surface area contributed by atoms with E-state index < -0.39 is 0 Å². The molecule has 0 unspecified atom stereocenters. The largest absolute Gasteiger partial charge is 0.394 e. The highest BCUT2D eigenvalue weighted by Crippen LogP contribution is 2.19. The van der Waals surface area contributed by atoms with E-state index >= 15 is 0 Å². The van der Waals surface area contributed by atoms with Crippen LogP contribution in [0.3, 0.4) is 0 Å². The number of aliphatic hydroxyl groups is 1. The lowest BCUT2D eigenvalue weighted by atomic mass is 10.1. The van der Waals surface area contributed by atoms with Crippen LogP contribution in [0.5, 0.6) is 0 Å². The zero-order valence-corrected chi connectivity index (χ0v) is 11.1. The molecule has 0 saturated carbocycles. The van der Waals surface area contributed by atoms with Crippen LogP contribution in [0.1, 0.15) is 17.2 Å². The van der Waals surface area contributed by atoms with Gasteiger partial charge < -0.3 is 10.4 Å². The van der Waals surface area contributed by atoms with Crippen LogP contribution in [-0.2, 0) is 6.54 Å². The molecule has 0 saturated heterocycles.